The molecule has 0 aliphatic heterocycles. The van der Waals surface area contributed by atoms with Crippen LogP contribution < -0.4 is 0 Å². The first-order chi connectivity index (χ1) is 4.26. The van der Waals surface area contributed by atoms with Crippen molar-refractivity contribution in [2.45, 2.75) is 6.92 Å². The second kappa shape index (κ2) is 4.58. The van der Waals surface area contributed by atoms with Gasteiger partial charge in [0.05, 0.1) is 7.11 Å². The lowest BCUT2D eigenvalue weighted by molar-refractivity contribution is -0.171. The molecule has 0 atom stereocenters. The average Bonchev–Trinajstić information content (AvgIpc) is 1.90. The van der Waals surface area contributed by atoms with Gasteiger partial charge in [-0.05, 0) is 6.92 Å². The Labute approximate surface area is 59.5 Å². The smallest absolute Gasteiger partial charge is 0.260 e. The number of hydrogen-bond acceptors (Lipinski definition) is 2. The maximum Gasteiger partial charge on any atom is 0.260 e. The number of carbonyl (C=O) groups excluding carboxylic acids is 1. The van der Waals surface area contributed by atoms with E-state index >= 15 is 0 Å². The second-order valence-corrected chi connectivity index (χ2v) is 1.67. The summed E-state index contributed by atoms with van der Waals surface area (Å²) in [7, 11) is 1.44. The van der Waals surface area contributed by atoms with Gasteiger partial charge in [0.1, 0.15) is 5.88 Å². The van der Waals surface area contributed by atoms with E-state index in [2.05, 4.69) is 4.84 Å². The van der Waals surface area contributed by atoms with E-state index in [0.717, 1.165) is 0 Å². The molecule has 0 saturated heterocycles. The minimum atomic E-state index is -0.207. The maximum absolute atomic E-state index is 10.6. The third-order valence-electron chi connectivity index (χ3n) is 0.900. The summed E-state index contributed by atoms with van der Waals surface area (Å²) in [6.07, 6.45) is 0. The van der Waals surface area contributed by atoms with Crippen molar-refractivity contribution in [1.82, 2.24) is 5.06 Å². The molecule has 0 aromatic heterocycles. The van der Waals surface area contributed by atoms with E-state index in [4.69, 9.17) is 11.6 Å². The van der Waals surface area contributed by atoms with Crippen LogP contribution in [0.15, 0.2) is 0 Å². The maximum atomic E-state index is 10.6. The molecule has 3 nitrogen and oxygen atoms in total. The van der Waals surface area contributed by atoms with Crippen molar-refractivity contribution in [3.8, 4) is 0 Å². The van der Waals surface area contributed by atoms with Crippen molar-refractivity contribution in [3.05, 3.63) is 0 Å². The predicted octanol–water partition coefficient (Wildman–Crippen LogP) is 0.635. The first kappa shape index (κ1) is 8.72. The fraction of sp³-hybridized carbons (Fsp3) is 0.800. The summed E-state index contributed by atoms with van der Waals surface area (Å²) in [6.45, 7) is 2.34. The van der Waals surface area contributed by atoms with Crippen LogP contribution in [0.1, 0.15) is 6.92 Å². The third-order valence-corrected chi connectivity index (χ3v) is 1.13. The van der Waals surface area contributed by atoms with Crippen LogP contribution in [-0.2, 0) is 9.63 Å². The van der Waals surface area contributed by atoms with Crippen molar-refractivity contribution < 1.29 is 9.63 Å². The van der Waals surface area contributed by atoms with E-state index in [0.29, 0.717) is 6.54 Å². The number of amides is 1. The minimum absolute atomic E-state index is 0.0261. The number of carbonyl (C=O) groups is 1. The summed E-state index contributed by atoms with van der Waals surface area (Å²) in [5.74, 6) is -0.233. The summed E-state index contributed by atoms with van der Waals surface area (Å²) >= 11 is 5.23. The average molecular weight is 152 g/mol. The van der Waals surface area contributed by atoms with Gasteiger partial charge in [-0.1, -0.05) is 0 Å². The summed E-state index contributed by atoms with van der Waals surface area (Å²) < 4.78 is 0. The predicted molar refractivity (Wildman–Crippen MR) is 35.1 cm³/mol. The van der Waals surface area contributed by atoms with Gasteiger partial charge in [-0.15, -0.1) is 11.6 Å². The van der Waals surface area contributed by atoms with Gasteiger partial charge in [-0.2, -0.15) is 0 Å². The highest BCUT2D eigenvalue weighted by molar-refractivity contribution is 6.27. The van der Waals surface area contributed by atoms with Gasteiger partial charge < -0.3 is 0 Å². The normalized spacial score (nSPS) is 9.22. The molecule has 4 heteroatoms. The molecule has 1 amide bonds. The van der Waals surface area contributed by atoms with Crippen LogP contribution >= 0.6 is 11.6 Å². The minimum Gasteiger partial charge on any atom is -0.274 e. The molecule has 0 saturated carbocycles. The van der Waals surface area contributed by atoms with Gasteiger partial charge in [-0.25, -0.2) is 5.06 Å². The Morgan fingerprint density at radius 2 is 2.33 bits per heavy atom. The Bertz CT molecular complexity index is 93.0. The van der Waals surface area contributed by atoms with Crippen LogP contribution in [0, 0.1) is 0 Å². The molecule has 0 aliphatic rings. The molecule has 0 spiro atoms. The lowest BCUT2D eigenvalue weighted by Gasteiger charge is -2.14. The Hall–Kier alpha value is -0.280. The number of rotatable bonds is 3. The molecule has 0 aliphatic carbocycles. The number of nitrogens with zero attached hydrogens (tertiary/aromatic N) is 1. The Morgan fingerprint density at radius 3 is 2.44 bits per heavy atom. The molecular weight excluding hydrogens is 142 g/mol. The first-order valence-electron chi connectivity index (χ1n) is 2.66. The van der Waals surface area contributed by atoms with E-state index in [9.17, 15) is 4.79 Å². The van der Waals surface area contributed by atoms with Crippen LogP contribution in [0.5, 0.6) is 0 Å². The van der Waals surface area contributed by atoms with Crippen molar-refractivity contribution in [1.29, 1.82) is 0 Å². The molecule has 0 rings (SSSR count). The van der Waals surface area contributed by atoms with Gasteiger partial charge in [0.15, 0.2) is 0 Å². The van der Waals surface area contributed by atoms with Crippen LogP contribution in [0.4, 0.5) is 0 Å². The zero-order valence-corrected chi connectivity index (χ0v) is 6.31. The molecule has 0 aromatic rings. The lowest BCUT2D eigenvalue weighted by Crippen LogP contribution is -2.30. The number of alkyl halides is 1. The van der Waals surface area contributed by atoms with Crippen molar-refractivity contribution >= 4 is 17.5 Å². The highest BCUT2D eigenvalue weighted by Crippen LogP contribution is 1.90. The zero-order chi connectivity index (χ0) is 7.28. The van der Waals surface area contributed by atoms with E-state index in [-0.39, 0.29) is 11.8 Å². The molecule has 9 heavy (non-hydrogen) atoms. The van der Waals surface area contributed by atoms with Crippen LogP contribution in [0.3, 0.4) is 0 Å². The number of halogens is 1. The Balaban J connectivity index is 3.64. The van der Waals surface area contributed by atoms with Crippen LogP contribution in [-0.4, -0.2) is 30.5 Å². The Morgan fingerprint density at radius 1 is 1.78 bits per heavy atom. The molecule has 0 aromatic carbocycles. The third kappa shape index (κ3) is 2.67. The molecule has 0 radical (unpaired) electrons. The second-order valence-electron chi connectivity index (χ2n) is 1.40. The highest BCUT2D eigenvalue weighted by atomic mass is 35.5. The zero-order valence-electron chi connectivity index (χ0n) is 5.56. The molecule has 0 unspecified atom stereocenters. The van der Waals surface area contributed by atoms with Crippen LogP contribution in [0.25, 0.3) is 0 Å². The van der Waals surface area contributed by atoms with Gasteiger partial charge in [0.25, 0.3) is 5.91 Å². The molecule has 0 heterocycles. The summed E-state index contributed by atoms with van der Waals surface area (Å²) in [5, 5.41) is 1.20. The number of hydrogen-bond donors (Lipinski definition) is 0. The lowest BCUT2D eigenvalue weighted by atomic mass is 10.6. The molecule has 0 bridgehead atoms. The monoisotopic (exact) mass is 151 g/mol. The van der Waals surface area contributed by atoms with E-state index in [1.807, 2.05) is 6.92 Å². The fourth-order valence-corrected chi connectivity index (χ4v) is 0.607. The van der Waals surface area contributed by atoms with Crippen molar-refractivity contribution in [3.63, 3.8) is 0 Å². The van der Waals surface area contributed by atoms with Crippen LogP contribution in [0.2, 0.25) is 0 Å². The quantitative estimate of drug-likeness (QED) is 0.438. The highest BCUT2D eigenvalue weighted by Gasteiger charge is 2.07. The SMILES string of the molecule is CCN(OC)C(=O)CCl. The molecule has 0 N–H and O–H groups in total. The summed E-state index contributed by atoms with van der Waals surface area (Å²) in [6, 6.07) is 0. The first-order valence-corrected chi connectivity index (χ1v) is 3.20. The van der Waals surface area contributed by atoms with E-state index in [1.54, 1.807) is 0 Å². The van der Waals surface area contributed by atoms with Crippen molar-refractivity contribution in [2.75, 3.05) is 19.5 Å². The summed E-state index contributed by atoms with van der Waals surface area (Å²) in [4.78, 5) is 15.3. The Kier molecular flexibility index (Phi) is 4.44. The fourth-order valence-electron chi connectivity index (χ4n) is 0.474. The van der Waals surface area contributed by atoms with E-state index < -0.39 is 0 Å². The van der Waals surface area contributed by atoms with Crippen molar-refractivity contribution in [2.24, 2.45) is 0 Å². The van der Waals surface area contributed by atoms with Gasteiger partial charge in [-0.3, -0.25) is 9.63 Å². The molecule has 54 valence electrons. The molecular formula is C5H10ClNO2. The molecule has 0 fully saturated rings. The van der Waals surface area contributed by atoms with Gasteiger partial charge in [0, 0.05) is 6.54 Å². The standard InChI is InChI=1S/C5H10ClNO2/c1-3-7(9-2)5(8)4-6/h3-4H2,1-2H3. The largest absolute Gasteiger partial charge is 0.274 e. The van der Waals surface area contributed by atoms with Gasteiger partial charge in [0.2, 0.25) is 0 Å². The summed E-state index contributed by atoms with van der Waals surface area (Å²) in [5.41, 5.74) is 0. The number of hydroxylamine groups is 2. The van der Waals surface area contributed by atoms with Gasteiger partial charge >= 0.3 is 0 Å². The van der Waals surface area contributed by atoms with E-state index in [1.165, 1.54) is 12.2 Å². The topological polar surface area (TPSA) is 29.5 Å².